The van der Waals surface area contributed by atoms with Crippen molar-refractivity contribution in [3.8, 4) is 0 Å². The van der Waals surface area contributed by atoms with Crippen LogP contribution >= 0.6 is 11.8 Å². The van der Waals surface area contributed by atoms with Crippen molar-refractivity contribution in [3.63, 3.8) is 0 Å². The van der Waals surface area contributed by atoms with Gasteiger partial charge in [-0.2, -0.15) is 0 Å². The van der Waals surface area contributed by atoms with Crippen LogP contribution in [0.1, 0.15) is 0 Å². The molecule has 3 nitrogen and oxygen atoms in total. The van der Waals surface area contributed by atoms with E-state index in [0.717, 1.165) is 17.9 Å². The first-order valence-electron chi connectivity index (χ1n) is 3.66. The lowest BCUT2D eigenvalue weighted by atomic mass is 10.3. The van der Waals surface area contributed by atoms with E-state index in [1.54, 1.807) is 24.2 Å². The molecule has 0 spiro atoms. The zero-order valence-electron chi connectivity index (χ0n) is 7.04. The van der Waals surface area contributed by atoms with Crippen LogP contribution in [0.25, 0.3) is 0 Å². The summed E-state index contributed by atoms with van der Waals surface area (Å²) in [6.45, 7) is 4.73. The molecule has 1 rings (SSSR count). The summed E-state index contributed by atoms with van der Waals surface area (Å²) in [7, 11) is 1.90. The van der Waals surface area contributed by atoms with E-state index >= 15 is 0 Å². The van der Waals surface area contributed by atoms with Gasteiger partial charge in [-0.3, -0.25) is 0 Å². The molecule has 0 radical (unpaired) electrons. The van der Waals surface area contributed by atoms with E-state index in [1.807, 2.05) is 7.05 Å². The number of likely N-dealkylation sites (N-methyl/N-ethyl adjacent to an activating group) is 1. The van der Waals surface area contributed by atoms with Gasteiger partial charge in [-0.05, 0) is 7.05 Å². The van der Waals surface area contributed by atoms with Crippen molar-refractivity contribution in [2.45, 2.75) is 5.22 Å². The van der Waals surface area contributed by atoms with E-state index in [4.69, 9.17) is 4.42 Å². The standard InChI is InChI=1S/C8H12N2OS/c1-7(5-9-2)6-12-8-10-3-4-11-8/h3-4,9H,1,5-6H2,2H3. The van der Waals surface area contributed by atoms with Crippen molar-refractivity contribution < 1.29 is 4.42 Å². The lowest BCUT2D eigenvalue weighted by molar-refractivity contribution is 0.454. The van der Waals surface area contributed by atoms with Crippen LogP contribution in [0.2, 0.25) is 0 Å². The Morgan fingerprint density at radius 1 is 1.83 bits per heavy atom. The molecular weight excluding hydrogens is 172 g/mol. The fourth-order valence-corrected chi connectivity index (χ4v) is 1.44. The van der Waals surface area contributed by atoms with Crippen molar-refractivity contribution in [1.29, 1.82) is 0 Å². The molecule has 0 unspecified atom stereocenters. The summed E-state index contributed by atoms with van der Waals surface area (Å²) in [6.07, 6.45) is 3.21. The third kappa shape index (κ3) is 3.11. The number of nitrogens with zero attached hydrogens (tertiary/aromatic N) is 1. The van der Waals surface area contributed by atoms with Crippen LogP contribution in [0, 0.1) is 0 Å². The molecule has 1 heterocycles. The Kier molecular flexibility index (Phi) is 3.90. The molecule has 0 aliphatic rings. The Bertz CT molecular complexity index is 233. The number of hydrogen-bond acceptors (Lipinski definition) is 4. The van der Waals surface area contributed by atoms with Gasteiger partial charge in [0.05, 0.1) is 6.20 Å². The maximum atomic E-state index is 5.05. The van der Waals surface area contributed by atoms with E-state index in [9.17, 15) is 0 Å². The molecule has 12 heavy (non-hydrogen) atoms. The average molecular weight is 184 g/mol. The highest BCUT2D eigenvalue weighted by Crippen LogP contribution is 2.16. The zero-order chi connectivity index (χ0) is 8.81. The number of hydrogen-bond donors (Lipinski definition) is 1. The minimum Gasteiger partial charge on any atom is -0.440 e. The van der Waals surface area contributed by atoms with Crippen LogP contribution in [-0.4, -0.2) is 24.3 Å². The Hall–Kier alpha value is -0.740. The van der Waals surface area contributed by atoms with Gasteiger partial charge in [0.15, 0.2) is 0 Å². The quantitative estimate of drug-likeness (QED) is 0.556. The van der Waals surface area contributed by atoms with Crippen molar-refractivity contribution in [2.24, 2.45) is 0 Å². The Morgan fingerprint density at radius 3 is 3.25 bits per heavy atom. The molecule has 0 atom stereocenters. The molecule has 0 saturated carbocycles. The molecule has 0 amide bonds. The normalized spacial score (nSPS) is 10.1. The van der Waals surface area contributed by atoms with E-state index < -0.39 is 0 Å². The Morgan fingerprint density at radius 2 is 2.67 bits per heavy atom. The third-order valence-electron chi connectivity index (χ3n) is 1.24. The van der Waals surface area contributed by atoms with Crippen LogP contribution in [0.5, 0.6) is 0 Å². The van der Waals surface area contributed by atoms with Gasteiger partial charge in [0.1, 0.15) is 6.26 Å². The summed E-state index contributed by atoms with van der Waals surface area (Å²) in [5.74, 6) is 0.849. The average Bonchev–Trinajstić information content (AvgIpc) is 2.53. The number of rotatable bonds is 5. The molecule has 0 saturated heterocycles. The Labute approximate surface area is 76.3 Å². The van der Waals surface area contributed by atoms with Crippen LogP contribution in [0.15, 0.2) is 34.3 Å². The summed E-state index contributed by atoms with van der Waals surface area (Å²) in [6, 6.07) is 0. The lowest BCUT2D eigenvalue weighted by Crippen LogP contribution is -2.10. The van der Waals surface area contributed by atoms with Crippen molar-refractivity contribution in [3.05, 3.63) is 24.6 Å². The second-order valence-corrected chi connectivity index (χ2v) is 3.29. The Balaban J connectivity index is 2.22. The topological polar surface area (TPSA) is 38.1 Å². The molecule has 0 fully saturated rings. The number of oxazole rings is 1. The summed E-state index contributed by atoms with van der Waals surface area (Å²) >= 11 is 1.56. The molecule has 0 aliphatic carbocycles. The first-order valence-corrected chi connectivity index (χ1v) is 4.65. The highest BCUT2D eigenvalue weighted by atomic mass is 32.2. The van der Waals surface area contributed by atoms with Crippen molar-refractivity contribution >= 4 is 11.8 Å². The van der Waals surface area contributed by atoms with E-state index in [0.29, 0.717) is 5.22 Å². The molecule has 66 valence electrons. The van der Waals surface area contributed by atoms with Crippen LogP contribution in [-0.2, 0) is 0 Å². The van der Waals surface area contributed by atoms with Gasteiger partial charge in [-0.25, -0.2) is 4.98 Å². The molecule has 1 N–H and O–H groups in total. The second kappa shape index (κ2) is 5.00. The lowest BCUT2D eigenvalue weighted by Gasteiger charge is -2.00. The van der Waals surface area contributed by atoms with Gasteiger partial charge in [0.2, 0.25) is 0 Å². The molecule has 0 aliphatic heterocycles. The summed E-state index contributed by atoms with van der Waals surface area (Å²) in [4.78, 5) is 3.98. The van der Waals surface area contributed by atoms with E-state index in [2.05, 4.69) is 16.9 Å². The molecule has 1 aromatic rings. The number of thioether (sulfide) groups is 1. The highest BCUT2D eigenvalue weighted by molar-refractivity contribution is 7.99. The fourth-order valence-electron chi connectivity index (χ4n) is 0.746. The zero-order valence-corrected chi connectivity index (χ0v) is 7.86. The third-order valence-corrected chi connectivity index (χ3v) is 2.24. The predicted octanol–water partition coefficient (Wildman–Crippen LogP) is 1.54. The number of nitrogens with one attached hydrogen (secondary N) is 1. The summed E-state index contributed by atoms with van der Waals surface area (Å²) in [5, 5.41) is 3.73. The molecular formula is C8H12N2OS. The number of aromatic nitrogens is 1. The molecule has 0 aromatic carbocycles. The summed E-state index contributed by atoms with van der Waals surface area (Å²) < 4.78 is 5.05. The van der Waals surface area contributed by atoms with Crippen molar-refractivity contribution in [2.75, 3.05) is 19.3 Å². The smallest absolute Gasteiger partial charge is 0.255 e. The predicted molar refractivity (Wildman–Crippen MR) is 50.3 cm³/mol. The van der Waals surface area contributed by atoms with Gasteiger partial charge in [-0.15, -0.1) is 0 Å². The second-order valence-electron chi connectivity index (χ2n) is 2.37. The van der Waals surface area contributed by atoms with Gasteiger partial charge < -0.3 is 9.73 Å². The van der Waals surface area contributed by atoms with Gasteiger partial charge in [0, 0.05) is 12.3 Å². The first-order chi connectivity index (χ1) is 5.83. The van der Waals surface area contributed by atoms with Gasteiger partial charge >= 0.3 is 0 Å². The van der Waals surface area contributed by atoms with Crippen LogP contribution < -0.4 is 5.32 Å². The van der Waals surface area contributed by atoms with Crippen LogP contribution in [0.3, 0.4) is 0 Å². The fraction of sp³-hybridized carbons (Fsp3) is 0.375. The maximum Gasteiger partial charge on any atom is 0.255 e. The van der Waals surface area contributed by atoms with E-state index in [1.165, 1.54) is 0 Å². The first kappa shape index (κ1) is 9.35. The molecule has 4 heteroatoms. The summed E-state index contributed by atoms with van der Waals surface area (Å²) in [5.41, 5.74) is 1.14. The maximum absolute atomic E-state index is 5.05. The largest absolute Gasteiger partial charge is 0.440 e. The molecule has 0 bridgehead atoms. The van der Waals surface area contributed by atoms with Gasteiger partial charge in [0.25, 0.3) is 5.22 Å². The molecule has 1 aromatic heterocycles. The van der Waals surface area contributed by atoms with Crippen molar-refractivity contribution in [1.82, 2.24) is 10.3 Å². The minimum atomic E-state index is 0.701. The van der Waals surface area contributed by atoms with E-state index in [-0.39, 0.29) is 0 Å². The van der Waals surface area contributed by atoms with Crippen LogP contribution in [0.4, 0.5) is 0 Å². The SMILES string of the molecule is C=C(CNC)CSc1ncco1. The monoisotopic (exact) mass is 184 g/mol. The highest BCUT2D eigenvalue weighted by Gasteiger charge is 1.99. The van der Waals surface area contributed by atoms with Gasteiger partial charge in [-0.1, -0.05) is 23.9 Å². The minimum absolute atomic E-state index is 0.701.